The number of ketones is 1. The van der Waals surface area contributed by atoms with E-state index in [2.05, 4.69) is 15.0 Å². The van der Waals surface area contributed by atoms with E-state index >= 15 is 0 Å². The molecule has 43 heavy (non-hydrogen) atoms. The van der Waals surface area contributed by atoms with Crippen molar-refractivity contribution in [3.05, 3.63) is 76.8 Å². The van der Waals surface area contributed by atoms with Crippen LogP contribution in [0.25, 0.3) is 11.1 Å². The SMILES string of the molecule is CC(C)(C)OC(=O)c1ccc(NC(=O)C(CC2CCC(=O)CC2)c2ccc(-c3c(OC(F)F)ccc(Cl)c3F)cn2)cc1. The van der Waals surface area contributed by atoms with Crippen molar-refractivity contribution in [3.63, 3.8) is 0 Å². The number of benzene rings is 2. The third kappa shape index (κ3) is 8.56. The Hall–Kier alpha value is -3.92. The molecule has 1 aromatic heterocycles. The molecule has 1 unspecified atom stereocenters. The van der Waals surface area contributed by atoms with Crippen molar-refractivity contribution >= 4 is 34.9 Å². The van der Waals surface area contributed by atoms with Crippen LogP contribution in [-0.2, 0) is 14.3 Å². The number of alkyl halides is 2. The van der Waals surface area contributed by atoms with Crippen LogP contribution >= 0.6 is 11.6 Å². The van der Waals surface area contributed by atoms with Crippen LogP contribution in [0.1, 0.15) is 74.8 Å². The van der Waals surface area contributed by atoms with Crippen LogP contribution in [0, 0.1) is 11.7 Å². The van der Waals surface area contributed by atoms with E-state index in [-0.39, 0.29) is 33.8 Å². The lowest BCUT2D eigenvalue weighted by molar-refractivity contribution is -0.121. The lowest BCUT2D eigenvalue weighted by Crippen LogP contribution is -2.26. The van der Waals surface area contributed by atoms with Crippen molar-refractivity contribution in [2.75, 3.05) is 5.32 Å². The highest BCUT2D eigenvalue weighted by atomic mass is 35.5. The summed E-state index contributed by atoms with van der Waals surface area (Å²) in [6.45, 7) is 2.12. The molecule has 1 amide bonds. The van der Waals surface area contributed by atoms with E-state index in [1.807, 2.05) is 0 Å². The average Bonchev–Trinajstić information content (AvgIpc) is 2.94. The fraction of sp³-hybridized carbons (Fsp3) is 0.375. The first-order valence-electron chi connectivity index (χ1n) is 13.9. The number of amides is 1. The average molecular weight is 617 g/mol. The first-order chi connectivity index (χ1) is 20.3. The Morgan fingerprint density at radius 1 is 1.05 bits per heavy atom. The number of carbonyl (C=O) groups excluding carboxylic acids is 3. The molecule has 0 bridgehead atoms. The maximum atomic E-state index is 14.9. The van der Waals surface area contributed by atoms with Crippen LogP contribution in [0.4, 0.5) is 18.9 Å². The fourth-order valence-corrected chi connectivity index (χ4v) is 5.10. The van der Waals surface area contributed by atoms with Gasteiger partial charge in [-0.1, -0.05) is 17.7 Å². The van der Waals surface area contributed by atoms with Gasteiger partial charge in [0.25, 0.3) is 0 Å². The molecule has 4 rings (SSSR count). The number of halogens is 4. The molecule has 0 aliphatic heterocycles. The number of anilines is 1. The van der Waals surface area contributed by atoms with Gasteiger partial charge in [-0.3, -0.25) is 14.6 Å². The number of nitrogens with zero attached hydrogens (tertiary/aromatic N) is 1. The fourth-order valence-electron chi connectivity index (χ4n) is 4.94. The van der Waals surface area contributed by atoms with Gasteiger partial charge in [-0.15, -0.1) is 0 Å². The molecule has 0 saturated heterocycles. The highest BCUT2D eigenvalue weighted by Crippen LogP contribution is 2.38. The third-order valence-corrected chi connectivity index (χ3v) is 7.33. The molecule has 228 valence electrons. The van der Waals surface area contributed by atoms with Gasteiger partial charge in [-0.2, -0.15) is 8.78 Å². The molecule has 7 nitrogen and oxygen atoms in total. The van der Waals surface area contributed by atoms with Crippen molar-refractivity contribution in [2.45, 2.75) is 71.0 Å². The van der Waals surface area contributed by atoms with Gasteiger partial charge in [-0.05, 0) is 88.4 Å². The van der Waals surface area contributed by atoms with Gasteiger partial charge in [0.1, 0.15) is 17.1 Å². The Labute approximate surface area is 252 Å². The summed E-state index contributed by atoms with van der Waals surface area (Å²) in [7, 11) is 0. The summed E-state index contributed by atoms with van der Waals surface area (Å²) < 4.78 is 50.8. The zero-order valence-electron chi connectivity index (χ0n) is 24.0. The molecule has 11 heteroatoms. The molecular weight excluding hydrogens is 585 g/mol. The molecule has 1 heterocycles. The Kier molecular flexibility index (Phi) is 10.1. The largest absolute Gasteiger partial charge is 0.456 e. The van der Waals surface area contributed by atoms with Gasteiger partial charge in [0.15, 0.2) is 5.82 Å². The van der Waals surface area contributed by atoms with Crippen LogP contribution in [-0.4, -0.2) is 34.9 Å². The smallest absolute Gasteiger partial charge is 0.387 e. The number of nitrogens with one attached hydrogen (secondary N) is 1. The van der Waals surface area contributed by atoms with Crippen molar-refractivity contribution in [3.8, 4) is 16.9 Å². The summed E-state index contributed by atoms with van der Waals surface area (Å²) in [5.41, 5.74) is 0.370. The van der Waals surface area contributed by atoms with Crippen LogP contribution in [0.5, 0.6) is 5.75 Å². The Morgan fingerprint density at radius 3 is 2.30 bits per heavy atom. The number of hydrogen-bond donors (Lipinski definition) is 1. The van der Waals surface area contributed by atoms with Gasteiger partial charge in [0.2, 0.25) is 5.91 Å². The number of pyridine rings is 1. The van der Waals surface area contributed by atoms with Gasteiger partial charge >= 0.3 is 12.6 Å². The number of hydrogen-bond acceptors (Lipinski definition) is 6. The van der Waals surface area contributed by atoms with Crippen LogP contribution in [0.15, 0.2) is 54.7 Å². The molecule has 1 N–H and O–H groups in total. The Bertz CT molecular complexity index is 1460. The minimum Gasteiger partial charge on any atom is -0.456 e. The van der Waals surface area contributed by atoms with Gasteiger partial charge in [0.05, 0.1) is 27.8 Å². The number of Topliss-reactive ketones (excluding diaryl/α,β-unsaturated/α-hetero) is 1. The van der Waals surface area contributed by atoms with Gasteiger partial charge in [-0.25, -0.2) is 9.18 Å². The summed E-state index contributed by atoms with van der Waals surface area (Å²) in [6.07, 6.45) is 3.87. The molecule has 2 aromatic carbocycles. The van der Waals surface area contributed by atoms with E-state index in [0.29, 0.717) is 49.0 Å². The van der Waals surface area contributed by atoms with E-state index in [0.717, 1.165) is 12.1 Å². The first kappa shape index (κ1) is 32.0. The highest BCUT2D eigenvalue weighted by Gasteiger charge is 2.29. The van der Waals surface area contributed by atoms with E-state index < -0.39 is 35.7 Å². The summed E-state index contributed by atoms with van der Waals surface area (Å²) in [5.74, 6) is -2.64. The summed E-state index contributed by atoms with van der Waals surface area (Å²) in [5, 5.41) is 2.59. The first-order valence-corrected chi connectivity index (χ1v) is 14.2. The molecule has 1 saturated carbocycles. The summed E-state index contributed by atoms with van der Waals surface area (Å²) >= 11 is 5.91. The van der Waals surface area contributed by atoms with E-state index in [4.69, 9.17) is 16.3 Å². The zero-order valence-corrected chi connectivity index (χ0v) is 24.7. The number of aromatic nitrogens is 1. The molecule has 0 radical (unpaired) electrons. The normalized spacial score (nSPS) is 14.8. The minimum absolute atomic E-state index is 0.0980. The molecular formula is C32H32ClF3N2O5. The van der Waals surface area contributed by atoms with Gasteiger partial charge < -0.3 is 14.8 Å². The van der Waals surface area contributed by atoms with Crippen molar-refractivity contribution in [1.82, 2.24) is 4.98 Å². The number of carbonyl (C=O) groups is 3. The maximum Gasteiger partial charge on any atom is 0.387 e. The lowest BCUT2D eigenvalue weighted by atomic mass is 9.81. The molecule has 1 aliphatic rings. The number of ether oxygens (including phenoxy) is 2. The van der Waals surface area contributed by atoms with Gasteiger partial charge in [0, 0.05) is 30.3 Å². The number of esters is 1. The van der Waals surface area contributed by atoms with Crippen molar-refractivity contribution in [2.24, 2.45) is 5.92 Å². The van der Waals surface area contributed by atoms with E-state index in [9.17, 15) is 27.6 Å². The molecule has 3 aromatic rings. The highest BCUT2D eigenvalue weighted by molar-refractivity contribution is 6.31. The quantitative estimate of drug-likeness (QED) is 0.245. The van der Waals surface area contributed by atoms with Crippen LogP contribution in [0.3, 0.4) is 0 Å². The summed E-state index contributed by atoms with van der Waals surface area (Å²) in [4.78, 5) is 42.2. The second kappa shape index (κ2) is 13.6. The second-order valence-corrected chi connectivity index (χ2v) is 11.8. The minimum atomic E-state index is -3.18. The van der Waals surface area contributed by atoms with E-state index in [1.165, 1.54) is 18.3 Å². The predicted octanol–water partition coefficient (Wildman–Crippen LogP) is 7.97. The molecule has 1 fully saturated rings. The molecule has 1 atom stereocenters. The lowest BCUT2D eigenvalue weighted by Gasteiger charge is -2.25. The number of rotatable bonds is 9. The van der Waals surface area contributed by atoms with Crippen molar-refractivity contribution < 1.29 is 37.0 Å². The van der Waals surface area contributed by atoms with Crippen LogP contribution < -0.4 is 10.1 Å². The predicted molar refractivity (Wildman–Crippen MR) is 156 cm³/mol. The molecule has 1 aliphatic carbocycles. The Morgan fingerprint density at radius 2 is 1.72 bits per heavy atom. The topological polar surface area (TPSA) is 94.6 Å². The monoisotopic (exact) mass is 616 g/mol. The standard InChI is InChI=1S/C32H32ClF3N2O5/c1-32(2,3)43-30(41)19-6-9-21(10-7-19)38-29(40)23(16-18-4-11-22(39)12-5-18)25-14-8-20(17-37-25)27-26(42-31(35)36)15-13-24(33)28(27)34/h6-10,13-15,17-18,23,31H,4-5,11-12,16H2,1-3H3,(H,38,40). The van der Waals surface area contributed by atoms with Crippen molar-refractivity contribution in [1.29, 1.82) is 0 Å². The molecule has 0 spiro atoms. The second-order valence-electron chi connectivity index (χ2n) is 11.4. The van der Waals surface area contributed by atoms with Crippen LogP contribution in [0.2, 0.25) is 5.02 Å². The summed E-state index contributed by atoms with van der Waals surface area (Å²) in [6, 6.07) is 11.6. The van der Waals surface area contributed by atoms with E-state index in [1.54, 1.807) is 45.0 Å². The third-order valence-electron chi connectivity index (χ3n) is 7.04. The zero-order chi connectivity index (χ0) is 31.3. The maximum absolute atomic E-state index is 14.9. The Balaban J connectivity index is 1.59.